The van der Waals surface area contributed by atoms with Crippen LogP contribution in [0.25, 0.3) is 0 Å². The van der Waals surface area contributed by atoms with Crippen molar-refractivity contribution < 1.29 is 24.2 Å². The van der Waals surface area contributed by atoms with Crippen molar-refractivity contribution >= 4 is 43.5 Å². The van der Waals surface area contributed by atoms with Crippen LogP contribution < -0.4 is 0 Å². The first kappa shape index (κ1) is 14.5. The molecule has 6 nitrogen and oxygen atoms in total. The average Bonchev–Trinajstić information content (AvgIpc) is 2.81. The van der Waals surface area contributed by atoms with Gasteiger partial charge in [-0.3, -0.25) is 0 Å². The van der Waals surface area contributed by atoms with Gasteiger partial charge in [0.2, 0.25) is 0 Å². The number of carbonyl (C=O) groups excluding carboxylic acids is 1. The lowest BCUT2D eigenvalue weighted by Crippen LogP contribution is -2.44. The third-order valence-corrected chi connectivity index (χ3v) is 4.29. The van der Waals surface area contributed by atoms with Gasteiger partial charge < -0.3 is 19.4 Å². The molecule has 0 fully saturated rings. The molecule has 0 saturated carbocycles. The van der Waals surface area contributed by atoms with Crippen molar-refractivity contribution in [1.82, 2.24) is 0 Å². The summed E-state index contributed by atoms with van der Waals surface area (Å²) in [5.41, 5.74) is -1.01. The lowest BCUT2D eigenvalue weighted by molar-refractivity contribution is -0.132. The molecule has 1 heterocycles. The molecule has 2 aliphatic rings. The molecule has 0 aromatic rings. The predicted molar refractivity (Wildman–Crippen MR) is 73.9 cm³/mol. The van der Waals surface area contributed by atoms with Gasteiger partial charge in [-0.25, -0.2) is 4.79 Å². The van der Waals surface area contributed by atoms with Gasteiger partial charge in [0.25, 0.3) is 0 Å². The molecule has 2 atom stereocenters. The van der Waals surface area contributed by atoms with Crippen LogP contribution >= 0.6 is 31.9 Å². The van der Waals surface area contributed by atoms with Gasteiger partial charge in [-0.1, -0.05) is 5.16 Å². The molecule has 2 unspecified atom stereocenters. The van der Waals surface area contributed by atoms with Gasteiger partial charge in [-0.05, 0) is 37.9 Å². The van der Waals surface area contributed by atoms with Crippen LogP contribution in [0.5, 0.6) is 0 Å². The fraction of sp³-hybridized carbons (Fsp3) is 0.455. The van der Waals surface area contributed by atoms with E-state index in [2.05, 4.69) is 41.8 Å². The molecular formula is C11H11Br2NO5. The zero-order valence-electron chi connectivity index (χ0n) is 10.1. The number of methoxy groups -OCH3 is 2. The Morgan fingerprint density at radius 3 is 2.84 bits per heavy atom. The molecule has 1 spiro atoms. The molecule has 0 radical (unpaired) electrons. The molecule has 0 aromatic heterocycles. The fourth-order valence-electron chi connectivity index (χ4n) is 1.92. The Balaban J connectivity index is 2.31. The van der Waals surface area contributed by atoms with E-state index in [9.17, 15) is 9.90 Å². The van der Waals surface area contributed by atoms with Crippen LogP contribution in [-0.2, 0) is 19.1 Å². The van der Waals surface area contributed by atoms with Gasteiger partial charge in [0.05, 0.1) is 23.2 Å². The number of halogens is 2. The van der Waals surface area contributed by atoms with Crippen molar-refractivity contribution in [3.05, 3.63) is 20.8 Å². The van der Waals surface area contributed by atoms with Gasteiger partial charge in [-0.15, -0.1) is 0 Å². The molecule has 1 aliphatic heterocycles. The highest BCUT2D eigenvalue weighted by molar-refractivity contribution is 9.12. The molecule has 104 valence electrons. The van der Waals surface area contributed by atoms with E-state index in [0.29, 0.717) is 14.7 Å². The van der Waals surface area contributed by atoms with Crippen molar-refractivity contribution in [2.75, 3.05) is 14.2 Å². The quantitative estimate of drug-likeness (QED) is 0.717. The van der Waals surface area contributed by atoms with Gasteiger partial charge in [0, 0.05) is 6.42 Å². The Labute approximate surface area is 126 Å². The van der Waals surface area contributed by atoms with Crippen molar-refractivity contribution in [2.24, 2.45) is 5.16 Å². The third-order valence-electron chi connectivity index (χ3n) is 2.90. The molecule has 0 bridgehead atoms. The van der Waals surface area contributed by atoms with Crippen LogP contribution in [0, 0.1) is 0 Å². The molecular weight excluding hydrogens is 386 g/mol. The Morgan fingerprint density at radius 2 is 2.26 bits per heavy atom. The van der Waals surface area contributed by atoms with E-state index in [4.69, 9.17) is 9.57 Å². The number of ether oxygens (including phenoxy) is 2. The van der Waals surface area contributed by atoms with Crippen LogP contribution in [0.1, 0.15) is 6.42 Å². The first-order valence-electron chi connectivity index (χ1n) is 5.29. The Kier molecular flexibility index (Phi) is 4.03. The number of esters is 1. The summed E-state index contributed by atoms with van der Waals surface area (Å²) in [7, 11) is 2.75. The van der Waals surface area contributed by atoms with E-state index in [-0.39, 0.29) is 12.1 Å². The SMILES string of the molecule is COC(=O)C1=NOC2(C=C(Br)C(OC)=C(Br)C2O)C1. The minimum absolute atomic E-state index is 0.113. The summed E-state index contributed by atoms with van der Waals surface area (Å²) in [4.78, 5) is 16.7. The number of allylic oxidation sites excluding steroid dienone is 1. The Morgan fingerprint density at radius 1 is 1.58 bits per heavy atom. The van der Waals surface area contributed by atoms with Crippen LogP contribution in [0.3, 0.4) is 0 Å². The first-order valence-corrected chi connectivity index (χ1v) is 6.87. The Bertz CT molecular complexity index is 513. The molecule has 8 heteroatoms. The van der Waals surface area contributed by atoms with Crippen molar-refractivity contribution in [1.29, 1.82) is 0 Å². The maximum atomic E-state index is 11.4. The standard InChI is InChI=1S/C11H11Br2NO5/c1-17-8-5(12)3-11(9(15)7(8)13)4-6(14-19-11)10(16)18-2/h3,9,15H,4H2,1-2H3. The van der Waals surface area contributed by atoms with Crippen molar-refractivity contribution in [2.45, 2.75) is 18.1 Å². The number of aliphatic hydroxyl groups excluding tert-OH is 1. The van der Waals surface area contributed by atoms with Crippen molar-refractivity contribution in [3.63, 3.8) is 0 Å². The highest BCUT2D eigenvalue weighted by atomic mass is 79.9. The van der Waals surface area contributed by atoms with Gasteiger partial charge in [0.15, 0.2) is 11.3 Å². The molecule has 19 heavy (non-hydrogen) atoms. The van der Waals surface area contributed by atoms with Gasteiger partial charge >= 0.3 is 5.97 Å². The lowest BCUT2D eigenvalue weighted by atomic mass is 9.87. The number of rotatable bonds is 2. The monoisotopic (exact) mass is 395 g/mol. The second-order valence-electron chi connectivity index (χ2n) is 4.03. The lowest BCUT2D eigenvalue weighted by Gasteiger charge is -2.33. The molecule has 2 rings (SSSR count). The summed E-state index contributed by atoms with van der Waals surface area (Å²) in [6.45, 7) is 0. The van der Waals surface area contributed by atoms with E-state index in [0.717, 1.165) is 0 Å². The summed E-state index contributed by atoms with van der Waals surface area (Å²) in [6.07, 6.45) is 0.706. The predicted octanol–water partition coefficient (Wildman–Crippen LogP) is 1.58. The maximum Gasteiger partial charge on any atom is 0.356 e. The zero-order chi connectivity index (χ0) is 14.2. The van der Waals surface area contributed by atoms with E-state index in [1.54, 1.807) is 6.08 Å². The third kappa shape index (κ3) is 2.32. The number of hydrogen-bond donors (Lipinski definition) is 1. The van der Waals surface area contributed by atoms with Crippen LogP contribution in [0.2, 0.25) is 0 Å². The first-order chi connectivity index (χ1) is 8.95. The highest BCUT2D eigenvalue weighted by Crippen LogP contribution is 2.43. The van der Waals surface area contributed by atoms with Gasteiger partial charge in [-0.2, -0.15) is 0 Å². The molecule has 0 aromatic carbocycles. The number of carbonyl (C=O) groups is 1. The molecule has 0 saturated heterocycles. The summed E-state index contributed by atoms with van der Waals surface area (Å²) in [5, 5.41) is 14.0. The largest absolute Gasteiger partial charge is 0.495 e. The number of hydrogen-bond acceptors (Lipinski definition) is 6. The molecule has 1 N–H and O–H groups in total. The second kappa shape index (κ2) is 5.26. The van der Waals surface area contributed by atoms with Crippen LogP contribution in [-0.4, -0.2) is 42.7 Å². The average molecular weight is 397 g/mol. The normalized spacial score (nSPS) is 29.8. The van der Waals surface area contributed by atoms with Crippen molar-refractivity contribution in [3.8, 4) is 0 Å². The second-order valence-corrected chi connectivity index (χ2v) is 5.74. The summed E-state index contributed by atoms with van der Waals surface area (Å²) < 4.78 is 10.8. The number of aliphatic hydroxyl groups is 1. The van der Waals surface area contributed by atoms with E-state index < -0.39 is 17.7 Å². The summed E-state index contributed by atoms with van der Waals surface area (Å²) in [5.74, 6) is -0.112. The minimum Gasteiger partial charge on any atom is -0.495 e. The molecule has 0 amide bonds. The van der Waals surface area contributed by atoms with Gasteiger partial charge in [0.1, 0.15) is 11.9 Å². The highest BCUT2D eigenvalue weighted by Gasteiger charge is 2.50. The van der Waals surface area contributed by atoms with E-state index >= 15 is 0 Å². The topological polar surface area (TPSA) is 77.4 Å². The number of nitrogens with zero attached hydrogens (tertiary/aromatic N) is 1. The summed E-state index contributed by atoms with van der Waals surface area (Å²) >= 11 is 6.60. The minimum atomic E-state index is -1.14. The fourth-order valence-corrected chi connectivity index (χ4v) is 3.72. The smallest absolute Gasteiger partial charge is 0.356 e. The van der Waals surface area contributed by atoms with E-state index in [1.807, 2.05) is 0 Å². The maximum absolute atomic E-state index is 11.4. The van der Waals surface area contributed by atoms with E-state index in [1.165, 1.54) is 14.2 Å². The zero-order valence-corrected chi connectivity index (χ0v) is 13.3. The summed E-state index contributed by atoms with van der Waals surface area (Å²) in [6, 6.07) is 0. The molecule has 1 aliphatic carbocycles. The van der Waals surface area contributed by atoms with Crippen LogP contribution in [0.15, 0.2) is 26.0 Å². The van der Waals surface area contributed by atoms with Crippen LogP contribution in [0.4, 0.5) is 0 Å². The Hall–Kier alpha value is -0.860. The number of oxime groups is 1.